The number of ketones is 1. The van der Waals surface area contributed by atoms with Crippen LogP contribution in [0.5, 0.6) is 0 Å². The van der Waals surface area contributed by atoms with Crippen molar-refractivity contribution in [2.45, 2.75) is 102 Å². The molecule has 1 aliphatic carbocycles. The quantitative estimate of drug-likeness (QED) is 0.132. The third kappa shape index (κ3) is 9.06. The summed E-state index contributed by atoms with van der Waals surface area (Å²) in [6.07, 6.45) is 5.08. The zero-order valence-electron chi connectivity index (χ0n) is 22.8. The summed E-state index contributed by atoms with van der Waals surface area (Å²) in [7, 11) is 4.02. The molecule has 0 aromatic carbocycles. The smallest absolute Gasteiger partial charge is 0.409 e. The molecule has 11 heteroatoms. The van der Waals surface area contributed by atoms with Gasteiger partial charge >= 0.3 is 6.09 Å². The molecule has 1 atom stereocenters. The number of thioether (sulfide) groups is 1. The van der Waals surface area contributed by atoms with Gasteiger partial charge in [0.1, 0.15) is 17.3 Å². The molecule has 1 aliphatic rings. The lowest BCUT2D eigenvalue weighted by molar-refractivity contribution is -0.130. The van der Waals surface area contributed by atoms with Gasteiger partial charge in [-0.15, -0.1) is 10.2 Å². The Balaban J connectivity index is 2.29. The highest BCUT2D eigenvalue weighted by Gasteiger charge is 2.46. The number of hydrogen-bond acceptors (Lipinski definition) is 9. The molecule has 1 heterocycles. The Morgan fingerprint density at radius 1 is 1.19 bits per heavy atom. The number of hydrogen-bond donors (Lipinski definition) is 1. The first kappa shape index (κ1) is 30.1. The van der Waals surface area contributed by atoms with Gasteiger partial charge in [0, 0.05) is 5.75 Å². The van der Waals surface area contributed by atoms with E-state index in [1.54, 1.807) is 20.8 Å². The van der Waals surface area contributed by atoms with Gasteiger partial charge in [-0.3, -0.25) is 14.9 Å². The molecule has 0 saturated heterocycles. The Kier molecular flexibility index (Phi) is 11.2. The molecule has 1 saturated carbocycles. The first-order valence-electron chi connectivity index (χ1n) is 12.8. The van der Waals surface area contributed by atoms with E-state index in [2.05, 4.69) is 20.4 Å². The number of Topliss-reactive ketones (excluding diaryl/α,β-unsaturated/α-hetero) is 1. The molecule has 0 bridgehead atoms. The van der Waals surface area contributed by atoms with E-state index in [-0.39, 0.29) is 11.8 Å². The van der Waals surface area contributed by atoms with Crippen molar-refractivity contribution in [1.82, 2.24) is 25.3 Å². The summed E-state index contributed by atoms with van der Waals surface area (Å²) < 4.78 is 11.2. The highest BCUT2D eigenvalue weighted by atomic mass is 32.2. The van der Waals surface area contributed by atoms with Gasteiger partial charge in [-0.2, -0.15) is 0 Å². The molecule has 204 valence electrons. The second kappa shape index (κ2) is 13.4. The van der Waals surface area contributed by atoms with Gasteiger partial charge in [0.2, 0.25) is 12.2 Å². The number of aromatic nitrogens is 2. The fraction of sp³-hybridized carbons (Fsp3) is 0.800. The number of carbonyl (C=O) groups is 3. The van der Waals surface area contributed by atoms with Crippen molar-refractivity contribution >= 4 is 30.0 Å². The van der Waals surface area contributed by atoms with Gasteiger partial charge in [-0.05, 0) is 85.9 Å². The molecule has 1 aromatic heterocycles. The van der Waals surface area contributed by atoms with Crippen molar-refractivity contribution < 1.29 is 23.5 Å². The summed E-state index contributed by atoms with van der Waals surface area (Å²) in [6, 6.07) is -0.859. The van der Waals surface area contributed by atoms with Crippen LogP contribution in [0, 0.1) is 5.92 Å². The number of nitrogens with zero attached hydrogens (tertiary/aromatic N) is 4. The number of alkyl carbamates (subject to hydrolysis) is 1. The standard InChI is InChI=1S/C25H43N5O5S/c1-18(2)16-19(20(32)21-27-28-23(34-21)36-15-11-14-29(6)7)30(17-31)25(12-9-8-10-13-25)26-22(33)35-24(3,4)5/h17-19H,8-16H2,1-7H3,(H,26,33). The largest absolute Gasteiger partial charge is 0.444 e. The Bertz CT molecular complexity index is 861. The topological polar surface area (TPSA) is 118 Å². The molecule has 0 radical (unpaired) electrons. The maximum absolute atomic E-state index is 13.7. The van der Waals surface area contributed by atoms with E-state index in [0.29, 0.717) is 30.9 Å². The van der Waals surface area contributed by atoms with E-state index >= 15 is 0 Å². The minimum Gasteiger partial charge on any atom is -0.444 e. The second-order valence-corrected chi connectivity index (χ2v) is 12.2. The fourth-order valence-electron chi connectivity index (χ4n) is 4.39. The first-order chi connectivity index (χ1) is 16.9. The number of carbonyl (C=O) groups excluding carboxylic acids is 3. The lowest BCUT2D eigenvalue weighted by Crippen LogP contribution is -2.65. The molecule has 1 unspecified atom stereocenters. The van der Waals surface area contributed by atoms with Crippen LogP contribution in [-0.4, -0.2) is 82.0 Å². The summed E-state index contributed by atoms with van der Waals surface area (Å²) in [5.74, 6) is 0.351. The van der Waals surface area contributed by atoms with Crippen LogP contribution in [0.25, 0.3) is 0 Å². The average Bonchev–Trinajstić information content (AvgIpc) is 3.24. The van der Waals surface area contributed by atoms with Crippen molar-refractivity contribution in [2.24, 2.45) is 5.92 Å². The third-order valence-electron chi connectivity index (χ3n) is 5.95. The normalized spacial score (nSPS) is 16.6. The number of rotatable bonds is 13. The zero-order valence-corrected chi connectivity index (χ0v) is 23.7. The zero-order chi connectivity index (χ0) is 26.9. The van der Waals surface area contributed by atoms with Crippen LogP contribution in [0.3, 0.4) is 0 Å². The van der Waals surface area contributed by atoms with Crippen molar-refractivity contribution in [3.05, 3.63) is 5.89 Å². The molecular weight excluding hydrogens is 482 g/mol. The van der Waals surface area contributed by atoms with Crippen molar-refractivity contribution in [3.63, 3.8) is 0 Å². The summed E-state index contributed by atoms with van der Waals surface area (Å²) in [5, 5.41) is 11.3. The predicted octanol–water partition coefficient (Wildman–Crippen LogP) is 4.35. The minimum absolute atomic E-state index is 0.103. The number of amides is 2. The van der Waals surface area contributed by atoms with Crippen LogP contribution in [0.1, 0.15) is 90.2 Å². The first-order valence-corrected chi connectivity index (χ1v) is 13.8. The van der Waals surface area contributed by atoms with Gasteiger partial charge in [0.15, 0.2) is 0 Å². The highest BCUT2D eigenvalue weighted by Crippen LogP contribution is 2.35. The van der Waals surface area contributed by atoms with Crippen LogP contribution in [0.2, 0.25) is 0 Å². The second-order valence-electron chi connectivity index (χ2n) is 11.1. The minimum atomic E-state index is -1.03. The maximum atomic E-state index is 13.7. The van der Waals surface area contributed by atoms with Crippen molar-refractivity contribution in [2.75, 3.05) is 26.4 Å². The van der Waals surface area contributed by atoms with Crippen LogP contribution < -0.4 is 5.32 Å². The van der Waals surface area contributed by atoms with E-state index in [1.165, 1.54) is 16.7 Å². The van der Waals surface area contributed by atoms with E-state index < -0.39 is 29.2 Å². The predicted molar refractivity (Wildman–Crippen MR) is 139 cm³/mol. The SMILES string of the molecule is CC(C)CC(C(=O)c1nnc(SCCCN(C)C)o1)N(C=O)C1(NC(=O)OC(C)(C)C)CCCCC1. The Labute approximate surface area is 219 Å². The van der Waals surface area contributed by atoms with Crippen molar-refractivity contribution in [3.8, 4) is 0 Å². The lowest BCUT2D eigenvalue weighted by atomic mass is 9.85. The van der Waals surface area contributed by atoms with Crippen LogP contribution in [0.4, 0.5) is 4.79 Å². The molecule has 0 spiro atoms. The lowest BCUT2D eigenvalue weighted by Gasteiger charge is -2.47. The monoisotopic (exact) mass is 525 g/mol. The average molecular weight is 526 g/mol. The van der Waals surface area contributed by atoms with E-state index in [0.717, 1.165) is 38.0 Å². The summed E-state index contributed by atoms with van der Waals surface area (Å²) in [6.45, 7) is 10.3. The maximum Gasteiger partial charge on any atom is 0.409 e. The van der Waals surface area contributed by atoms with E-state index in [4.69, 9.17) is 9.15 Å². The van der Waals surface area contributed by atoms with Gasteiger partial charge in [-0.1, -0.05) is 32.0 Å². The molecule has 1 fully saturated rings. The summed E-state index contributed by atoms with van der Waals surface area (Å²) >= 11 is 1.41. The molecule has 0 aliphatic heterocycles. The Morgan fingerprint density at radius 2 is 1.86 bits per heavy atom. The molecule has 2 rings (SSSR count). The highest BCUT2D eigenvalue weighted by molar-refractivity contribution is 7.99. The van der Waals surface area contributed by atoms with Gasteiger partial charge in [-0.25, -0.2) is 4.79 Å². The fourth-order valence-corrected chi connectivity index (χ4v) is 5.08. The Hall–Kier alpha value is -2.14. The van der Waals surface area contributed by atoms with Crippen LogP contribution in [0.15, 0.2) is 9.64 Å². The summed E-state index contributed by atoms with van der Waals surface area (Å²) in [4.78, 5) is 42.6. The number of ether oxygens (including phenoxy) is 1. The molecule has 1 N–H and O–H groups in total. The number of nitrogens with one attached hydrogen (secondary N) is 1. The molecular formula is C25H43N5O5S. The van der Waals surface area contributed by atoms with E-state index in [1.807, 2.05) is 27.9 Å². The molecule has 36 heavy (non-hydrogen) atoms. The molecule has 10 nitrogen and oxygen atoms in total. The van der Waals surface area contributed by atoms with Gasteiger partial charge in [0.25, 0.3) is 11.1 Å². The van der Waals surface area contributed by atoms with Crippen molar-refractivity contribution in [1.29, 1.82) is 0 Å². The van der Waals surface area contributed by atoms with Crippen LogP contribution >= 0.6 is 11.8 Å². The summed E-state index contributed by atoms with van der Waals surface area (Å²) in [5.41, 5.74) is -1.72. The van der Waals surface area contributed by atoms with E-state index in [9.17, 15) is 14.4 Å². The molecule has 1 aromatic rings. The van der Waals surface area contributed by atoms with Crippen LogP contribution in [-0.2, 0) is 9.53 Å². The Morgan fingerprint density at radius 3 is 2.42 bits per heavy atom. The molecule has 2 amide bonds. The third-order valence-corrected chi connectivity index (χ3v) is 6.85. The van der Waals surface area contributed by atoms with Gasteiger partial charge in [0.05, 0.1) is 0 Å². The van der Waals surface area contributed by atoms with Gasteiger partial charge < -0.3 is 19.0 Å².